The van der Waals surface area contributed by atoms with Crippen LogP contribution in [0.3, 0.4) is 0 Å². The predicted molar refractivity (Wildman–Crippen MR) is 71.9 cm³/mol. The van der Waals surface area contributed by atoms with Gasteiger partial charge in [0.2, 0.25) is 0 Å². The average molecular weight is 265 g/mol. The fourth-order valence-corrected chi connectivity index (χ4v) is 2.37. The first kappa shape index (κ1) is 12.7. The molecule has 96 valence electrons. The molecule has 4 nitrogen and oxygen atoms in total. The van der Waals surface area contributed by atoms with Gasteiger partial charge in [-0.1, -0.05) is 11.3 Å². The number of benzene rings is 1. The highest BCUT2D eigenvalue weighted by Crippen LogP contribution is 2.36. The molecule has 0 aliphatic carbocycles. The lowest BCUT2D eigenvalue weighted by atomic mass is 10.1. The van der Waals surface area contributed by atoms with Crippen molar-refractivity contribution in [2.75, 3.05) is 21.3 Å². The van der Waals surface area contributed by atoms with E-state index in [2.05, 4.69) is 4.98 Å². The minimum Gasteiger partial charge on any atom is -0.493 e. The summed E-state index contributed by atoms with van der Waals surface area (Å²) >= 11 is 1.47. The van der Waals surface area contributed by atoms with Crippen molar-refractivity contribution in [3.05, 3.63) is 23.1 Å². The molecular formula is C13H15NO3S. The van der Waals surface area contributed by atoms with Crippen LogP contribution in [-0.4, -0.2) is 26.3 Å². The third-order valence-electron chi connectivity index (χ3n) is 2.66. The summed E-state index contributed by atoms with van der Waals surface area (Å²) in [6.45, 7) is 2.02. The number of nitrogens with zero attached hydrogens (tertiary/aromatic N) is 1. The molecular weight excluding hydrogens is 250 g/mol. The van der Waals surface area contributed by atoms with Gasteiger partial charge in [0, 0.05) is 10.9 Å². The van der Waals surface area contributed by atoms with Crippen molar-refractivity contribution in [2.24, 2.45) is 0 Å². The molecule has 2 aromatic rings. The van der Waals surface area contributed by atoms with Crippen molar-refractivity contribution in [3.63, 3.8) is 0 Å². The lowest BCUT2D eigenvalue weighted by molar-refractivity contribution is 0.355. The summed E-state index contributed by atoms with van der Waals surface area (Å²) in [5.74, 6) is 1.42. The van der Waals surface area contributed by atoms with Crippen molar-refractivity contribution in [1.82, 2.24) is 4.98 Å². The van der Waals surface area contributed by atoms with Gasteiger partial charge in [0.15, 0.2) is 11.5 Å². The molecule has 1 heterocycles. The fourth-order valence-electron chi connectivity index (χ4n) is 1.73. The molecule has 0 saturated heterocycles. The molecule has 0 aliphatic heterocycles. The second kappa shape index (κ2) is 5.27. The molecule has 0 N–H and O–H groups in total. The molecule has 0 bridgehead atoms. The third kappa shape index (κ3) is 2.26. The minimum absolute atomic E-state index is 0.652. The number of aryl methyl sites for hydroxylation is 1. The van der Waals surface area contributed by atoms with E-state index in [4.69, 9.17) is 14.2 Å². The lowest BCUT2D eigenvalue weighted by Gasteiger charge is -2.11. The van der Waals surface area contributed by atoms with E-state index in [1.807, 2.05) is 24.4 Å². The number of methoxy groups -OCH3 is 3. The topological polar surface area (TPSA) is 40.6 Å². The van der Waals surface area contributed by atoms with E-state index >= 15 is 0 Å². The number of hydrogen-bond acceptors (Lipinski definition) is 5. The third-order valence-corrected chi connectivity index (χ3v) is 3.46. The second-order valence-electron chi connectivity index (χ2n) is 3.72. The number of ether oxygens (including phenoxy) is 3. The molecule has 0 radical (unpaired) electrons. The Morgan fingerprint density at radius 1 is 1.00 bits per heavy atom. The summed E-state index contributed by atoms with van der Waals surface area (Å²) in [6, 6.07) is 3.88. The van der Waals surface area contributed by atoms with Gasteiger partial charge in [-0.25, -0.2) is 4.98 Å². The van der Waals surface area contributed by atoms with Crippen molar-refractivity contribution in [1.29, 1.82) is 0 Å². The van der Waals surface area contributed by atoms with Gasteiger partial charge in [-0.15, -0.1) is 0 Å². The van der Waals surface area contributed by atoms with E-state index in [1.165, 1.54) is 11.3 Å². The Labute approximate surface area is 110 Å². The monoisotopic (exact) mass is 265 g/mol. The molecule has 0 spiro atoms. The van der Waals surface area contributed by atoms with E-state index in [-0.39, 0.29) is 0 Å². The molecule has 1 aromatic carbocycles. The quantitative estimate of drug-likeness (QED) is 0.851. The minimum atomic E-state index is 0.652. The van der Waals surface area contributed by atoms with E-state index in [1.54, 1.807) is 21.3 Å². The molecule has 0 atom stereocenters. The standard InChI is InChI=1S/C13H15NO3S/c1-8-5-11(15-2)12(16-3)6-9(8)10-7-18-13(14-10)17-4/h5-7H,1-4H3. The molecule has 0 unspecified atom stereocenters. The van der Waals surface area contributed by atoms with Gasteiger partial charge in [0.25, 0.3) is 5.19 Å². The molecule has 0 fully saturated rings. The van der Waals surface area contributed by atoms with Gasteiger partial charge in [-0.05, 0) is 24.6 Å². The van der Waals surface area contributed by atoms with Crippen LogP contribution in [0, 0.1) is 6.92 Å². The van der Waals surface area contributed by atoms with Crippen molar-refractivity contribution in [3.8, 4) is 28.0 Å². The highest BCUT2D eigenvalue weighted by Gasteiger charge is 2.12. The van der Waals surface area contributed by atoms with Crippen molar-refractivity contribution in [2.45, 2.75) is 6.92 Å². The summed E-state index contributed by atoms with van der Waals surface area (Å²) in [6.07, 6.45) is 0. The molecule has 5 heteroatoms. The number of aromatic nitrogens is 1. The van der Waals surface area contributed by atoms with E-state index in [0.717, 1.165) is 22.6 Å². The maximum absolute atomic E-state index is 5.31. The second-order valence-corrected chi connectivity index (χ2v) is 4.55. The lowest BCUT2D eigenvalue weighted by Crippen LogP contribution is -1.93. The van der Waals surface area contributed by atoms with Crippen LogP contribution in [0.25, 0.3) is 11.3 Å². The Morgan fingerprint density at radius 3 is 2.22 bits per heavy atom. The van der Waals surface area contributed by atoms with Crippen LogP contribution in [0.2, 0.25) is 0 Å². The first-order valence-corrected chi connectivity index (χ1v) is 6.30. The summed E-state index contributed by atoms with van der Waals surface area (Å²) in [7, 11) is 4.87. The van der Waals surface area contributed by atoms with Crippen LogP contribution in [0.1, 0.15) is 5.56 Å². The normalized spacial score (nSPS) is 10.2. The molecule has 18 heavy (non-hydrogen) atoms. The number of hydrogen-bond donors (Lipinski definition) is 0. The Bertz CT molecular complexity index is 551. The van der Waals surface area contributed by atoms with Crippen LogP contribution in [0.15, 0.2) is 17.5 Å². The Hall–Kier alpha value is -1.75. The van der Waals surface area contributed by atoms with Crippen LogP contribution in [0.4, 0.5) is 0 Å². The van der Waals surface area contributed by atoms with Crippen LogP contribution < -0.4 is 14.2 Å². The Morgan fingerprint density at radius 2 is 1.67 bits per heavy atom. The zero-order chi connectivity index (χ0) is 13.1. The van der Waals surface area contributed by atoms with Crippen LogP contribution in [0.5, 0.6) is 16.7 Å². The van der Waals surface area contributed by atoms with Gasteiger partial charge in [-0.2, -0.15) is 0 Å². The fraction of sp³-hybridized carbons (Fsp3) is 0.308. The number of thiazole rings is 1. The van der Waals surface area contributed by atoms with Crippen molar-refractivity contribution < 1.29 is 14.2 Å². The number of rotatable bonds is 4. The largest absolute Gasteiger partial charge is 0.493 e. The predicted octanol–water partition coefficient (Wildman–Crippen LogP) is 3.14. The smallest absolute Gasteiger partial charge is 0.273 e. The molecule has 0 aliphatic rings. The van der Waals surface area contributed by atoms with E-state index in [9.17, 15) is 0 Å². The van der Waals surface area contributed by atoms with Gasteiger partial charge in [-0.3, -0.25) is 0 Å². The summed E-state index contributed by atoms with van der Waals surface area (Å²) in [4.78, 5) is 4.39. The maximum Gasteiger partial charge on any atom is 0.273 e. The SMILES string of the molecule is COc1nc(-c2cc(OC)c(OC)cc2C)cs1. The Kier molecular flexibility index (Phi) is 3.72. The van der Waals surface area contributed by atoms with Gasteiger partial charge in [0.05, 0.1) is 27.0 Å². The van der Waals surface area contributed by atoms with E-state index in [0.29, 0.717) is 10.9 Å². The molecule has 1 aromatic heterocycles. The first-order valence-electron chi connectivity index (χ1n) is 5.42. The zero-order valence-electron chi connectivity index (χ0n) is 10.8. The highest BCUT2D eigenvalue weighted by atomic mass is 32.1. The van der Waals surface area contributed by atoms with Crippen LogP contribution >= 0.6 is 11.3 Å². The summed E-state index contributed by atoms with van der Waals surface area (Å²) in [5, 5.41) is 2.62. The molecule has 0 saturated carbocycles. The van der Waals surface area contributed by atoms with Gasteiger partial charge >= 0.3 is 0 Å². The van der Waals surface area contributed by atoms with Crippen LogP contribution in [-0.2, 0) is 0 Å². The van der Waals surface area contributed by atoms with Gasteiger partial charge < -0.3 is 14.2 Å². The van der Waals surface area contributed by atoms with Crippen molar-refractivity contribution >= 4 is 11.3 Å². The van der Waals surface area contributed by atoms with Gasteiger partial charge in [0.1, 0.15) is 0 Å². The first-order chi connectivity index (χ1) is 8.69. The summed E-state index contributed by atoms with van der Waals surface area (Å²) < 4.78 is 15.7. The summed E-state index contributed by atoms with van der Waals surface area (Å²) in [5.41, 5.74) is 2.99. The van der Waals surface area contributed by atoms with E-state index < -0.39 is 0 Å². The zero-order valence-corrected chi connectivity index (χ0v) is 11.6. The Balaban J connectivity index is 2.50. The average Bonchev–Trinajstić information content (AvgIpc) is 2.86. The molecule has 2 rings (SSSR count). The molecule has 0 amide bonds. The maximum atomic E-state index is 5.31. The highest BCUT2D eigenvalue weighted by molar-refractivity contribution is 7.11.